The Morgan fingerprint density at radius 3 is 0.708 bits per heavy atom. The van der Waals surface area contributed by atoms with E-state index in [4.69, 9.17) is 15.0 Å². The third kappa shape index (κ3) is 12.0. The maximum Gasteiger partial charge on any atom is 0.0702 e. The number of hydrogen-bond acceptors (Lipinski definition) is 3. The summed E-state index contributed by atoms with van der Waals surface area (Å²) < 4.78 is 0. The van der Waals surface area contributed by atoms with Crippen molar-refractivity contribution in [2.75, 3.05) is 0 Å². The summed E-state index contributed by atoms with van der Waals surface area (Å²) in [7, 11) is 0. The van der Waals surface area contributed by atoms with Crippen molar-refractivity contribution >= 4 is 0 Å². The molecule has 0 saturated heterocycles. The van der Waals surface area contributed by atoms with Gasteiger partial charge in [-0.1, -0.05) is 285 Å². The second kappa shape index (κ2) is 26.5. The van der Waals surface area contributed by atoms with Crippen LogP contribution in [0, 0.1) is 0 Å². The van der Waals surface area contributed by atoms with Crippen LogP contribution in [0.4, 0.5) is 0 Å². The average Bonchev–Trinajstić information content (AvgIpc) is 0.773. The lowest BCUT2D eigenvalue weighted by Crippen LogP contribution is -1.95. The lowest BCUT2D eigenvalue weighted by atomic mass is 9.82. The van der Waals surface area contributed by atoms with E-state index >= 15 is 0 Å². The normalized spacial score (nSPS) is 11.1. The Bertz CT molecular complexity index is 5200. The van der Waals surface area contributed by atoms with Gasteiger partial charge < -0.3 is 0 Å². The molecule has 16 aromatic rings. The van der Waals surface area contributed by atoms with Crippen molar-refractivity contribution in [2.24, 2.45) is 0 Å². The highest BCUT2D eigenvalue weighted by molar-refractivity contribution is 6.01. The molecule has 96 heavy (non-hydrogen) atoms. The lowest BCUT2D eigenvalue weighted by molar-refractivity contribution is 1.33. The Morgan fingerprint density at radius 2 is 0.344 bits per heavy atom. The summed E-state index contributed by atoms with van der Waals surface area (Å²) in [6, 6.07) is 132. The molecule has 3 nitrogen and oxygen atoms in total. The molecular formula is C93H63N3. The van der Waals surface area contributed by atoms with Crippen molar-refractivity contribution in [2.45, 2.75) is 0 Å². The fourth-order valence-electron chi connectivity index (χ4n) is 13.6. The van der Waals surface area contributed by atoms with Crippen LogP contribution >= 0.6 is 0 Å². The maximum absolute atomic E-state index is 4.90. The van der Waals surface area contributed by atoms with Crippen LogP contribution in [-0.4, -0.2) is 15.0 Å². The van der Waals surface area contributed by atoms with E-state index < -0.39 is 0 Å². The summed E-state index contributed by atoms with van der Waals surface area (Å²) in [5.41, 5.74) is 32.9. The Kier molecular flexibility index (Phi) is 16.1. The van der Waals surface area contributed by atoms with E-state index in [0.717, 1.165) is 156 Å². The third-order valence-corrected chi connectivity index (χ3v) is 18.3. The predicted octanol–water partition coefficient (Wildman–Crippen LogP) is 24.9. The van der Waals surface area contributed by atoms with Gasteiger partial charge in [0.1, 0.15) is 0 Å². The molecule has 0 fully saturated rings. The van der Waals surface area contributed by atoms with Gasteiger partial charge >= 0.3 is 0 Å². The summed E-state index contributed by atoms with van der Waals surface area (Å²) in [6.45, 7) is 0. The smallest absolute Gasteiger partial charge is 0.0702 e. The Hall–Kier alpha value is -12.7. The Balaban J connectivity index is 0.925. The zero-order valence-electron chi connectivity index (χ0n) is 52.7. The molecule has 0 radical (unpaired) electrons. The van der Waals surface area contributed by atoms with Gasteiger partial charge in [-0.05, 0) is 212 Å². The molecule has 3 heterocycles. The first-order valence-electron chi connectivity index (χ1n) is 32.7. The highest BCUT2D eigenvalue weighted by atomic mass is 14.7. The van der Waals surface area contributed by atoms with Crippen LogP contribution in [0.25, 0.3) is 167 Å². The Labute approximate surface area is 561 Å². The van der Waals surface area contributed by atoms with Crippen LogP contribution in [0.5, 0.6) is 0 Å². The van der Waals surface area contributed by atoms with Gasteiger partial charge in [0.05, 0.1) is 17.1 Å². The molecular weight excluding hydrogens is 1160 g/mol. The summed E-state index contributed by atoms with van der Waals surface area (Å²) in [4.78, 5) is 14.5. The maximum atomic E-state index is 4.90. The van der Waals surface area contributed by atoms with Gasteiger partial charge in [-0.2, -0.15) is 0 Å². The molecule has 0 bridgehead atoms. The van der Waals surface area contributed by atoms with Gasteiger partial charge in [0.2, 0.25) is 0 Å². The monoisotopic (exact) mass is 1220 g/mol. The van der Waals surface area contributed by atoms with Gasteiger partial charge in [-0.25, -0.2) is 0 Å². The molecule has 450 valence electrons. The number of rotatable bonds is 15. The van der Waals surface area contributed by atoms with Crippen LogP contribution in [-0.2, 0) is 0 Å². The van der Waals surface area contributed by atoms with Gasteiger partial charge in [-0.15, -0.1) is 0 Å². The van der Waals surface area contributed by atoms with Crippen molar-refractivity contribution in [1.82, 2.24) is 15.0 Å². The highest BCUT2D eigenvalue weighted by Crippen LogP contribution is 2.48. The largest absolute Gasteiger partial charge is 0.256 e. The van der Waals surface area contributed by atoms with Gasteiger partial charge in [0.15, 0.2) is 0 Å². The molecule has 0 aliphatic carbocycles. The van der Waals surface area contributed by atoms with E-state index in [1.54, 1.807) is 0 Å². The number of pyridine rings is 3. The van der Waals surface area contributed by atoms with E-state index in [0.29, 0.717) is 0 Å². The predicted molar refractivity (Wildman–Crippen MR) is 401 cm³/mol. The van der Waals surface area contributed by atoms with Crippen LogP contribution in [0.3, 0.4) is 0 Å². The molecule has 0 saturated carbocycles. The Morgan fingerprint density at radius 1 is 0.115 bits per heavy atom. The van der Waals surface area contributed by atoms with Gasteiger partial charge in [-0.3, -0.25) is 15.0 Å². The number of nitrogens with zero attached hydrogens (tertiary/aromatic N) is 3. The molecule has 0 aliphatic heterocycles. The summed E-state index contributed by atoms with van der Waals surface area (Å²) in [6.07, 6.45) is 5.61. The molecule has 0 aliphatic rings. The SMILES string of the molecule is c1ccc(-c2ccc(-c3ccc(-c4cc(-c5ccccn5)ccc4-c4cc(-c5ccccc5)ccc4-c4cc(-c5ccccc5-c5ccc(-c6ccccn6)cc5-c5ccccc5)cc(-c5ccccc5-c5ccc(-c6ccccn6)cc5-c5ccccc5)c4)cc3)cc2)cc1. The number of benzene rings is 13. The molecule has 0 N–H and O–H groups in total. The summed E-state index contributed by atoms with van der Waals surface area (Å²) in [5.74, 6) is 0. The minimum atomic E-state index is 0.914. The van der Waals surface area contributed by atoms with Crippen molar-refractivity contribution in [3.63, 3.8) is 0 Å². The van der Waals surface area contributed by atoms with Gasteiger partial charge in [0.25, 0.3) is 0 Å². The standard InChI is InChI=1S/C93H63N3/c1-5-23-64(24-6-1)66-38-40-67(41-39-66)68-42-44-71(45-43-68)89-63-75(93-37-19-22-56-96-93)49-53-86(89)90-60-72(65-25-7-2-8-26-65)46-50-81(90)78-58-76(79-31-13-15-33-82(79)84-51-47-73(91-35-17-20-54-94-91)61-87(84)69-27-9-3-10-28-69)57-77(59-78)80-32-14-16-34-83(80)85-52-48-74(92-36-18-21-55-95-92)62-88(85)70-29-11-4-12-30-70/h1-63H. The van der Waals surface area contributed by atoms with Crippen molar-refractivity contribution in [3.8, 4) is 167 Å². The van der Waals surface area contributed by atoms with Crippen molar-refractivity contribution in [1.29, 1.82) is 0 Å². The molecule has 13 aromatic carbocycles. The van der Waals surface area contributed by atoms with Crippen LogP contribution in [0.1, 0.15) is 0 Å². The highest BCUT2D eigenvalue weighted by Gasteiger charge is 2.22. The van der Waals surface area contributed by atoms with Crippen molar-refractivity contribution in [3.05, 3.63) is 383 Å². The first-order valence-corrected chi connectivity index (χ1v) is 32.7. The minimum absolute atomic E-state index is 0.914. The second-order valence-corrected chi connectivity index (χ2v) is 24.2. The molecule has 0 amide bonds. The fraction of sp³-hybridized carbons (Fsp3) is 0. The summed E-state index contributed by atoms with van der Waals surface area (Å²) >= 11 is 0. The van der Waals surface area contributed by atoms with E-state index in [1.165, 1.54) is 11.1 Å². The molecule has 0 unspecified atom stereocenters. The fourth-order valence-corrected chi connectivity index (χ4v) is 13.6. The zero-order chi connectivity index (χ0) is 64.0. The first kappa shape index (κ1) is 58.4. The molecule has 3 aromatic heterocycles. The molecule has 16 rings (SSSR count). The topological polar surface area (TPSA) is 38.7 Å². The average molecular weight is 1220 g/mol. The van der Waals surface area contributed by atoms with E-state index in [1.807, 2.05) is 36.8 Å². The van der Waals surface area contributed by atoms with Gasteiger partial charge in [0, 0.05) is 35.3 Å². The van der Waals surface area contributed by atoms with E-state index in [-0.39, 0.29) is 0 Å². The lowest BCUT2D eigenvalue weighted by Gasteiger charge is -2.21. The van der Waals surface area contributed by atoms with Crippen LogP contribution in [0.15, 0.2) is 383 Å². The molecule has 0 atom stereocenters. The summed E-state index contributed by atoms with van der Waals surface area (Å²) in [5, 5.41) is 0. The minimum Gasteiger partial charge on any atom is -0.256 e. The number of hydrogen-bond donors (Lipinski definition) is 0. The second-order valence-electron chi connectivity index (χ2n) is 24.2. The van der Waals surface area contributed by atoms with E-state index in [9.17, 15) is 0 Å². The quantitative estimate of drug-likeness (QED) is 0.103. The zero-order valence-corrected chi connectivity index (χ0v) is 52.7. The first-order chi connectivity index (χ1) is 47.6. The molecule has 0 spiro atoms. The van der Waals surface area contributed by atoms with Crippen molar-refractivity contribution < 1.29 is 0 Å². The number of aromatic nitrogens is 3. The van der Waals surface area contributed by atoms with Crippen LogP contribution in [0.2, 0.25) is 0 Å². The third-order valence-electron chi connectivity index (χ3n) is 18.3. The van der Waals surface area contributed by atoms with E-state index in [2.05, 4.69) is 346 Å². The van der Waals surface area contributed by atoms with Crippen LogP contribution < -0.4 is 0 Å². The molecule has 3 heteroatoms.